The van der Waals surface area contributed by atoms with Crippen LogP contribution in [0.1, 0.15) is 10.4 Å². The third-order valence-corrected chi connectivity index (χ3v) is 3.57. The number of benzene rings is 2. The number of ether oxygens (including phenoxy) is 1. The first-order valence-electron chi connectivity index (χ1n) is 6.11. The topological polar surface area (TPSA) is 46.5 Å². The van der Waals surface area contributed by atoms with E-state index in [-0.39, 0.29) is 17.9 Å². The summed E-state index contributed by atoms with van der Waals surface area (Å²) in [4.78, 5) is 11.4. The van der Waals surface area contributed by atoms with Gasteiger partial charge in [0.25, 0.3) is 0 Å². The van der Waals surface area contributed by atoms with Gasteiger partial charge in [0.1, 0.15) is 5.82 Å². The Balaban J connectivity index is 1.88. The van der Waals surface area contributed by atoms with Gasteiger partial charge in [-0.05, 0) is 30.3 Å². The number of hydrogen-bond donors (Lipinski definition) is 1. The summed E-state index contributed by atoms with van der Waals surface area (Å²) in [5, 5.41) is 8.83. The minimum atomic E-state index is -1.31. The van der Waals surface area contributed by atoms with Crippen molar-refractivity contribution in [2.24, 2.45) is 0 Å². The van der Waals surface area contributed by atoms with Gasteiger partial charge in [0.2, 0.25) is 0 Å². The standard InChI is InChI=1S/C15H12F2O3S/c16-12-6-5-10(9-11(12)15(18)19)21-8-7-20-14-4-2-1-3-13(14)17/h1-6,9H,7-8H2,(H,18,19). The normalized spacial score (nSPS) is 10.4. The molecular formula is C15H12F2O3S. The second-order valence-corrected chi connectivity index (χ2v) is 5.24. The first-order chi connectivity index (χ1) is 10.1. The molecular weight excluding hydrogens is 298 g/mol. The summed E-state index contributed by atoms with van der Waals surface area (Å²) in [5.74, 6) is -1.85. The van der Waals surface area contributed by atoms with E-state index < -0.39 is 17.6 Å². The number of aromatic carboxylic acids is 1. The van der Waals surface area contributed by atoms with Crippen LogP contribution >= 0.6 is 11.8 Å². The molecule has 0 bridgehead atoms. The molecule has 2 rings (SSSR count). The highest BCUT2D eigenvalue weighted by Gasteiger charge is 2.11. The monoisotopic (exact) mass is 310 g/mol. The minimum Gasteiger partial charge on any atom is -0.490 e. The second kappa shape index (κ2) is 7.08. The number of carboxylic acid groups (broad SMARTS) is 1. The molecule has 0 heterocycles. The van der Waals surface area contributed by atoms with Gasteiger partial charge in [-0.25, -0.2) is 13.6 Å². The molecule has 0 spiro atoms. The van der Waals surface area contributed by atoms with Crippen molar-refractivity contribution in [1.29, 1.82) is 0 Å². The Morgan fingerprint density at radius 1 is 1.14 bits per heavy atom. The van der Waals surface area contributed by atoms with Crippen molar-refractivity contribution in [1.82, 2.24) is 0 Å². The van der Waals surface area contributed by atoms with Crippen LogP contribution in [0.2, 0.25) is 0 Å². The molecule has 1 N–H and O–H groups in total. The Bertz CT molecular complexity index is 647. The number of para-hydroxylation sites is 1. The molecule has 0 atom stereocenters. The van der Waals surface area contributed by atoms with Crippen LogP contribution in [0.25, 0.3) is 0 Å². The molecule has 0 aliphatic carbocycles. The van der Waals surface area contributed by atoms with E-state index in [4.69, 9.17) is 9.84 Å². The predicted octanol–water partition coefficient (Wildman–Crippen LogP) is 3.83. The molecule has 0 fully saturated rings. The van der Waals surface area contributed by atoms with Gasteiger partial charge in [-0.2, -0.15) is 0 Å². The number of carbonyl (C=O) groups is 1. The molecule has 6 heteroatoms. The van der Waals surface area contributed by atoms with Gasteiger partial charge in [-0.1, -0.05) is 12.1 Å². The Morgan fingerprint density at radius 2 is 1.90 bits per heavy atom. The van der Waals surface area contributed by atoms with Gasteiger partial charge < -0.3 is 9.84 Å². The summed E-state index contributed by atoms with van der Waals surface area (Å²) in [7, 11) is 0. The molecule has 0 unspecified atom stereocenters. The van der Waals surface area contributed by atoms with Crippen molar-refractivity contribution in [3.8, 4) is 5.75 Å². The molecule has 0 saturated heterocycles. The number of hydrogen-bond acceptors (Lipinski definition) is 3. The van der Waals surface area contributed by atoms with Crippen LogP contribution in [-0.2, 0) is 0 Å². The fraction of sp³-hybridized carbons (Fsp3) is 0.133. The number of thioether (sulfide) groups is 1. The molecule has 3 nitrogen and oxygen atoms in total. The predicted molar refractivity (Wildman–Crippen MR) is 76.0 cm³/mol. The molecule has 2 aromatic rings. The van der Waals surface area contributed by atoms with Crippen LogP contribution in [0.5, 0.6) is 5.75 Å². The average molecular weight is 310 g/mol. The molecule has 2 aromatic carbocycles. The van der Waals surface area contributed by atoms with E-state index in [0.29, 0.717) is 10.6 Å². The number of rotatable bonds is 6. The lowest BCUT2D eigenvalue weighted by Crippen LogP contribution is -2.03. The Hall–Kier alpha value is -2.08. The maximum Gasteiger partial charge on any atom is 0.338 e. The van der Waals surface area contributed by atoms with E-state index in [1.54, 1.807) is 12.1 Å². The van der Waals surface area contributed by atoms with Crippen molar-refractivity contribution >= 4 is 17.7 Å². The molecule has 0 radical (unpaired) electrons. The smallest absolute Gasteiger partial charge is 0.338 e. The van der Waals surface area contributed by atoms with Crippen LogP contribution < -0.4 is 4.74 Å². The number of halogens is 2. The van der Waals surface area contributed by atoms with E-state index in [9.17, 15) is 13.6 Å². The first kappa shape index (κ1) is 15.3. The van der Waals surface area contributed by atoms with Gasteiger partial charge in [0.05, 0.1) is 12.2 Å². The van der Waals surface area contributed by atoms with Crippen molar-refractivity contribution in [2.45, 2.75) is 4.90 Å². The third-order valence-electron chi connectivity index (χ3n) is 2.61. The zero-order valence-electron chi connectivity index (χ0n) is 10.9. The third kappa shape index (κ3) is 4.19. The lowest BCUT2D eigenvalue weighted by atomic mass is 10.2. The highest BCUT2D eigenvalue weighted by atomic mass is 32.2. The molecule has 21 heavy (non-hydrogen) atoms. The van der Waals surface area contributed by atoms with Crippen LogP contribution in [0.4, 0.5) is 8.78 Å². The SMILES string of the molecule is O=C(O)c1cc(SCCOc2ccccc2F)ccc1F. The lowest BCUT2D eigenvalue weighted by molar-refractivity contribution is 0.0691. The van der Waals surface area contributed by atoms with Crippen LogP contribution in [-0.4, -0.2) is 23.4 Å². The first-order valence-corrected chi connectivity index (χ1v) is 7.09. The van der Waals surface area contributed by atoms with Crippen LogP contribution in [0, 0.1) is 11.6 Å². The Labute approximate surface area is 124 Å². The summed E-state index contributed by atoms with van der Waals surface area (Å²) < 4.78 is 31.8. The van der Waals surface area contributed by atoms with Gasteiger partial charge >= 0.3 is 5.97 Å². The van der Waals surface area contributed by atoms with Gasteiger partial charge in [-0.15, -0.1) is 11.8 Å². The molecule has 0 aliphatic rings. The van der Waals surface area contributed by atoms with Crippen LogP contribution in [0.15, 0.2) is 47.4 Å². The molecule has 0 saturated carbocycles. The van der Waals surface area contributed by atoms with Crippen molar-refractivity contribution in [3.05, 3.63) is 59.7 Å². The largest absolute Gasteiger partial charge is 0.490 e. The Morgan fingerprint density at radius 3 is 2.62 bits per heavy atom. The van der Waals surface area contributed by atoms with Gasteiger partial charge in [0, 0.05) is 10.6 Å². The van der Waals surface area contributed by atoms with Crippen molar-refractivity contribution in [2.75, 3.05) is 12.4 Å². The van der Waals surface area contributed by atoms with Crippen molar-refractivity contribution < 1.29 is 23.4 Å². The maximum absolute atomic E-state index is 13.3. The maximum atomic E-state index is 13.3. The summed E-state index contributed by atoms with van der Waals surface area (Å²) >= 11 is 1.31. The van der Waals surface area contributed by atoms with E-state index in [1.165, 1.54) is 36.0 Å². The molecule has 0 amide bonds. The van der Waals surface area contributed by atoms with Crippen LogP contribution in [0.3, 0.4) is 0 Å². The quantitative estimate of drug-likeness (QED) is 0.650. The Kier molecular flexibility index (Phi) is 5.16. The minimum absolute atomic E-state index is 0.170. The van der Waals surface area contributed by atoms with E-state index >= 15 is 0 Å². The lowest BCUT2D eigenvalue weighted by Gasteiger charge is -2.07. The van der Waals surface area contributed by atoms with Gasteiger partial charge in [0.15, 0.2) is 11.6 Å². The molecule has 110 valence electrons. The average Bonchev–Trinajstić information content (AvgIpc) is 2.46. The molecule has 0 aromatic heterocycles. The zero-order valence-corrected chi connectivity index (χ0v) is 11.7. The highest BCUT2D eigenvalue weighted by Crippen LogP contribution is 2.22. The summed E-state index contributed by atoms with van der Waals surface area (Å²) in [6.07, 6.45) is 0. The molecule has 0 aliphatic heterocycles. The fourth-order valence-corrected chi connectivity index (χ4v) is 2.40. The second-order valence-electron chi connectivity index (χ2n) is 4.07. The number of carboxylic acids is 1. The summed E-state index contributed by atoms with van der Waals surface area (Å²) in [6, 6.07) is 9.96. The van der Waals surface area contributed by atoms with E-state index in [2.05, 4.69) is 0 Å². The summed E-state index contributed by atoms with van der Waals surface area (Å²) in [5.41, 5.74) is -0.366. The zero-order chi connectivity index (χ0) is 15.2. The fourth-order valence-electron chi connectivity index (χ4n) is 1.63. The highest BCUT2D eigenvalue weighted by molar-refractivity contribution is 7.99. The summed E-state index contributed by atoms with van der Waals surface area (Å²) in [6.45, 7) is 0.255. The van der Waals surface area contributed by atoms with Crippen molar-refractivity contribution in [3.63, 3.8) is 0 Å². The van der Waals surface area contributed by atoms with E-state index in [0.717, 1.165) is 6.07 Å². The van der Waals surface area contributed by atoms with E-state index in [1.807, 2.05) is 0 Å². The van der Waals surface area contributed by atoms with Gasteiger partial charge in [-0.3, -0.25) is 0 Å².